The Kier molecular flexibility index (Phi) is 4.95. The van der Waals surface area contributed by atoms with Crippen LogP contribution in [-0.2, 0) is 10.0 Å². The highest BCUT2D eigenvalue weighted by Gasteiger charge is 2.24. The van der Waals surface area contributed by atoms with Crippen molar-refractivity contribution in [2.45, 2.75) is 38.3 Å². The van der Waals surface area contributed by atoms with E-state index in [1.54, 1.807) is 0 Å². The molecule has 2 N–H and O–H groups in total. The molecule has 1 atom stereocenters. The van der Waals surface area contributed by atoms with Gasteiger partial charge in [-0.15, -0.1) is 0 Å². The lowest BCUT2D eigenvalue weighted by Crippen LogP contribution is -2.54. The molecule has 1 aliphatic rings. The minimum atomic E-state index is -3.15. The van der Waals surface area contributed by atoms with Gasteiger partial charge in [-0.2, -0.15) is 0 Å². The van der Waals surface area contributed by atoms with E-state index in [4.69, 9.17) is 0 Å². The van der Waals surface area contributed by atoms with Gasteiger partial charge in [-0.25, -0.2) is 13.1 Å². The molecule has 0 aromatic rings. The van der Waals surface area contributed by atoms with Crippen LogP contribution in [0, 0.1) is 0 Å². The van der Waals surface area contributed by atoms with Crippen LogP contribution >= 0.6 is 0 Å². The first-order valence-electron chi connectivity index (χ1n) is 6.09. The van der Waals surface area contributed by atoms with Crippen LogP contribution in [0.2, 0.25) is 0 Å². The Morgan fingerprint density at radius 3 is 2.59 bits per heavy atom. The molecule has 0 aromatic carbocycles. The largest absolute Gasteiger partial charge is 0.311 e. The summed E-state index contributed by atoms with van der Waals surface area (Å²) in [6, 6.07) is 0.467. The molecule has 1 aliphatic heterocycles. The van der Waals surface area contributed by atoms with Gasteiger partial charge < -0.3 is 10.2 Å². The molecule has 0 aromatic heterocycles. The molecule has 17 heavy (non-hydrogen) atoms. The number of piperidine rings is 1. The van der Waals surface area contributed by atoms with Gasteiger partial charge in [0, 0.05) is 24.7 Å². The van der Waals surface area contributed by atoms with Crippen molar-refractivity contribution in [3.63, 3.8) is 0 Å². The number of likely N-dealkylation sites (N-methyl/N-ethyl adjacent to an activating group) is 1. The van der Waals surface area contributed by atoms with Gasteiger partial charge in [0.1, 0.15) is 0 Å². The summed E-state index contributed by atoms with van der Waals surface area (Å²) in [6.07, 6.45) is 3.57. The number of hydrogen-bond acceptors (Lipinski definition) is 4. The Morgan fingerprint density at radius 1 is 1.41 bits per heavy atom. The molecule has 0 bridgehead atoms. The van der Waals surface area contributed by atoms with E-state index in [-0.39, 0.29) is 0 Å². The van der Waals surface area contributed by atoms with Gasteiger partial charge in [-0.05, 0) is 40.3 Å². The van der Waals surface area contributed by atoms with Gasteiger partial charge in [0.15, 0.2) is 0 Å². The van der Waals surface area contributed by atoms with Crippen molar-refractivity contribution in [3.8, 4) is 0 Å². The average Bonchev–Trinajstić information content (AvgIpc) is 2.11. The van der Waals surface area contributed by atoms with Crippen LogP contribution in [0.15, 0.2) is 0 Å². The predicted octanol–water partition coefficient (Wildman–Crippen LogP) is -0.00200. The molecule has 6 heteroatoms. The summed E-state index contributed by atoms with van der Waals surface area (Å²) in [4.78, 5) is 2.30. The summed E-state index contributed by atoms with van der Waals surface area (Å²) in [5, 5.41) is 3.45. The third kappa shape index (κ3) is 6.35. The number of likely N-dealkylation sites (tertiary alicyclic amines) is 1. The van der Waals surface area contributed by atoms with Gasteiger partial charge in [0.25, 0.3) is 0 Å². The molecule has 102 valence electrons. The molecule has 0 aliphatic carbocycles. The van der Waals surface area contributed by atoms with E-state index in [9.17, 15) is 8.42 Å². The number of sulfonamides is 1. The first kappa shape index (κ1) is 14.9. The maximum absolute atomic E-state index is 11.2. The van der Waals surface area contributed by atoms with E-state index in [0.29, 0.717) is 12.6 Å². The minimum absolute atomic E-state index is 0.441. The summed E-state index contributed by atoms with van der Waals surface area (Å²) in [5.74, 6) is 0. The van der Waals surface area contributed by atoms with Crippen molar-refractivity contribution in [2.75, 3.05) is 32.9 Å². The van der Waals surface area contributed by atoms with E-state index in [1.165, 1.54) is 19.1 Å². The minimum Gasteiger partial charge on any atom is -0.311 e. The van der Waals surface area contributed by atoms with E-state index in [1.807, 2.05) is 13.8 Å². The van der Waals surface area contributed by atoms with Crippen LogP contribution < -0.4 is 10.0 Å². The second-order valence-electron chi connectivity index (χ2n) is 5.74. The van der Waals surface area contributed by atoms with Gasteiger partial charge in [0.2, 0.25) is 10.0 Å². The van der Waals surface area contributed by atoms with Crippen LogP contribution in [0.1, 0.15) is 26.7 Å². The van der Waals surface area contributed by atoms with E-state index in [0.717, 1.165) is 13.1 Å². The Hall–Kier alpha value is -0.170. The molecule has 5 nitrogen and oxygen atoms in total. The van der Waals surface area contributed by atoms with E-state index in [2.05, 4.69) is 22.0 Å². The summed E-state index contributed by atoms with van der Waals surface area (Å²) in [5.41, 5.74) is -0.441. The molecule has 1 rings (SSSR count). The molecule has 0 amide bonds. The van der Waals surface area contributed by atoms with Gasteiger partial charge in [-0.1, -0.05) is 0 Å². The molecule has 1 fully saturated rings. The summed E-state index contributed by atoms with van der Waals surface area (Å²) >= 11 is 0. The molecule has 1 unspecified atom stereocenters. The maximum atomic E-state index is 11.2. The molecular formula is C11H25N3O2S. The Morgan fingerprint density at radius 2 is 2.06 bits per heavy atom. The predicted molar refractivity (Wildman–Crippen MR) is 70.6 cm³/mol. The highest BCUT2D eigenvalue weighted by Crippen LogP contribution is 2.09. The first-order valence-corrected chi connectivity index (χ1v) is 7.98. The summed E-state index contributed by atoms with van der Waals surface area (Å²) in [6.45, 7) is 6.64. The smallest absolute Gasteiger partial charge is 0.209 e. The molecular weight excluding hydrogens is 238 g/mol. The lowest BCUT2D eigenvalue weighted by atomic mass is 10.0. The van der Waals surface area contributed by atoms with Crippen LogP contribution in [0.3, 0.4) is 0 Å². The summed E-state index contributed by atoms with van der Waals surface area (Å²) in [7, 11) is -1.03. The molecule has 0 radical (unpaired) electrons. The third-order valence-electron chi connectivity index (χ3n) is 2.92. The summed E-state index contributed by atoms with van der Waals surface area (Å²) < 4.78 is 25.0. The SMILES string of the molecule is CN1CCCC(NCC(C)(C)NS(C)(=O)=O)C1. The third-order valence-corrected chi connectivity index (χ3v) is 3.84. The van der Waals surface area contributed by atoms with Crippen LogP contribution in [0.4, 0.5) is 0 Å². The van der Waals surface area contributed by atoms with E-state index >= 15 is 0 Å². The standard InChI is InChI=1S/C11H25N3O2S/c1-11(2,13-17(4,15)16)9-12-10-6-5-7-14(3)8-10/h10,12-13H,5-9H2,1-4H3. The maximum Gasteiger partial charge on any atom is 0.209 e. The Bertz CT molecular complexity index is 341. The Balaban J connectivity index is 2.38. The first-order chi connectivity index (χ1) is 7.68. The fourth-order valence-corrected chi connectivity index (χ4v) is 3.35. The van der Waals surface area contributed by atoms with Crippen molar-refractivity contribution in [1.29, 1.82) is 0 Å². The average molecular weight is 263 g/mol. The number of nitrogens with zero attached hydrogens (tertiary/aromatic N) is 1. The van der Waals surface area contributed by atoms with Crippen molar-refractivity contribution in [1.82, 2.24) is 14.9 Å². The van der Waals surface area contributed by atoms with Crippen molar-refractivity contribution in [2.24, 2.45) is 0 Å². The molecule has 0 spiro atoms. The number of hydrogen-bond donors (Lipinski definition) is 2. The number of rotatable bonds is 5. The van der Waals surface area contributed by atoms with Crippen LogP contribution in [0.25, 0.3) is 0 Å². The lowest BCUT2D eigenvalue weighted by molar-refractivity contribution is 0.219. The molecule has 1 heterocycles. The highest BCUT2D eigenvalue weighted by atomic mass is 32.2. The zero-order valence-electron chi connectivity index (χ0n) is 11.3. The van der Waals surface area contributed by atoms with Crippen LogP contribution in [-0.4, -0.2) is 57.8 Å². The van der Waals surface area contributed by atoms with Crippen LogP contribution in [0.5, 0.6) is 0 Å². The second kappa shape index (κ2) is 5.65. The monoisotopic (exact) mass is 263 g/mol. The fourth-order valence-electron chi connectivity index (χ4n) is 2.27. The number of nitrogens with one attached hydrogen (secondary N) is 2. The lowest BCUT2D eigenvalue weighted by Gasteiger charge is -2.33. The van der Waals surface area contributed by atoms with Gasteiger partial charge in [-0.3, -0.25) is 0 Å². The van der Waals surface area contributed by atoms with Crippen molar-refractivity contribution in [3.05, 3.63) is 0 Å². The normalized spacial score (nSPS) is 23.9. The molecule has 1 saturated heterocycles. The second-order valence-corrected chi connectivity index (χ2v) is 7.49. The zero-order chi connectivity index (χ0) is 13.1. The van der Waals surface area contributed by atoms with Gasteiger partial charge >= 0.3 is 0 Å². The molecule has 0 saturated carbocycles. The highest BCUT2D eigenvalue weighted by molar-refractivity contribution is 7.88. The van der Waals surface area contributed by atoms with E-state index < -0.39 is 15.6 Å². The van der Waals surface area contributed by atoms with Crippen molar-refractivity contribution < 1.29 is 8.42 Å². The van der Waals surface area contributed by atoms with Crippen molar-refractivity contribution >= 4 is 10.0 Å². The van der Waals surface area contributed by atoms with Gasteiger partial charge in [0.05, 0.1) is 6.26 Å². The topological polar surface area (TPSA) is 61.4 Å². The fraction of sp³-hybridized carbons (Fsp3) is 1.00. The quantitative estimate of drug-likeness (QED) is 0.733. The Labute approximate surface area is 105 Å². The zero-order valence-corrected chi connectivity index (χ0v) is 12.1.